The first-order chi connectivity index (χ1) is 34.2. The normalized spacial score (nSPS) is 11.8. The molecule has 0 aliphatic rings. The number of thiophene rings is 1. The molecule has 14 aromatic rings. The smallest absolute Gasteiger partial charge is 0.238 e. The highest BCUT2D eigenvalue weighted by molar-refractivity contribution is 7.25. The highest BCUT2D eigenvalue weighted by Gasteiger charge is 2.24. The lowest BCUT2D eigenvalue weighted by molar-refractivity contribution is 0.953. The van der Waals surface area contributed by atoms with Crippen LogP contribution in [0.25, 0.3) is 132 Å². The van der Waals surface area contributed by atoms with Gasteiger partial charge in [0.25, 0.3) is 0 Å². The molecular formula is C63H39N5S. The van der Waals surface area contributed by atoms with Crippen LogP contribution in [0.2, 0.25) is 0 Å². The van der Waals surface area contributed by atoms with Crippen molar-refractivity contribution in [2.75, 3.05) is 0 Å². The Balaban J connectivity index is 1.01. The van der Waals surface area contributed by atoms with Crippen molar-refractivity contribution in [3.63, 3.8) is 0 Å². The third-order valence-corrected chi connectivity index (χ3v) is 14.8. The SMILES string of the molecule is c1ccc(-c2ccc(-c3ccc(-c4nc(-c5ccccc5)nc(-n5c6ccc(-c7ccc8sc9ccccc9c8c7)cc6c6ccc7c8ccccc8n(-c8ccccc8)c7c65)n4)cc3)cc2)cc1. The van der Waals surface area contributed by atoms with Gasteiger partial charge in [-0.3, -0.25) is 4.57 Å². The molecule has 0 spiro atoms. The van der Waals surface area contributed by atoms with Crippen molar-refractivity contribution in [1.29, 1.82) is 0 Å². The van der Waals surface area contributed by atoms with Crippen LogP contribution in [0.3, 0.4) is 0 Å². The van der Waals surface area contributed by atoms with Gasteiger partial charge >= 0.3 is 0 Å². The first kappa shape index (κ1) is 39.2. The Morgan fingerprint density at radius 1 is 0.275 bits per heavy atom. The quantitative estimate of drug-likeness (QED) is 0.160. The number of aromatic nitrogens is 5. The zero-order valence-electron chi connectivity index (χ0n) is 37.2. The first-order valence-corrected chi connectivity index (χ1v) is 24.1. The fraction of sp³-hybridized carbons (Fsp3) is 0. The number of rotatable bonds is 7. The summed E-state index contributed by atoms with van der Waals surface area (Å²) in [6, 6.07) is 84.5. The fourth-order valence-electron chi connectivity index (χ4n) is 10.3. The zero-order valence-corrected chi connectivity index (χ0v) is 38.0. The summed E-state index contributed by atoms with van der Waals surface area (Å²) in [4.78, 5) is 16.1. The molecule has 322 valence electrons. The predicted molar refractivity (Wildman–Crippen MR) is 289 cm³/mol. The van der Waals surface area contributed by atoms with E-state index in [-0.39, 0.29) is 0 Å². The van der Waals surface area contributed by atoms with Crippen molar-refractivity contribution in [3.05, 3.63) is 237 Å². The van der Waals surface area contributed by atoms with Crippen LogP contribution < -0.4 is 0 Å². The van der Waals surface area contributed by atoms with Gasteiger partial charge in [-0.2, -0.15) is 9.97 Å². The minimum absolute atomic E-state index is 0.552. The van der Waals surface area contributed by atoms with E-state index >= 15 is 0 Å². The molecule has 4 aromatic heterocycles. The molecule has 0 saturated heterocycles. The summed E-state index contributed by atoms with van der Waals surface area (Å²) in [6.07, 6.45) is 0. The Hall–Kier alpha value is -8.97. The molecule has 14 rings (SSSR count). The Labute approximate surface area is 401 Å². The van der Waals surface area contributed by atoms with E-state index in [1.54, 1.807) is 0 Å². The highest BCUT2D eigenvalue weighted by atomic mass is 32.1. The van der Waals surface area contributed by atoms with E-state index in [2.05, 4.69) is 228 Å². The van der Waals surface area contributed by atoms with Gasteiger partial charge in [0.15, 0.2) is 11.6 Å². The minimum atomic E-state index is 0.552. The topological polar surface area (TPSA) is 48.5 Å². The second kappa shape index (κ2) is 15.8. The van der Waals surface area contributed by atoms with Gasteiger partial charge in [-0.1, -0.05) is 188 Å². The van der Waals surface area contributed by atoms with E-state index < -0.39 is 0 Å². The van der Waals surface area contributed by atoms with Crippen molar-refractivity contribution in [2.45, 2.75) is 0 Å². The van der Waals surface area contributed by atoms with E-state index in [1.165, 1.54) is 42.2 Å². The summed E-state index contributed by atoms with van der Waals surface area (Å²) in [5.41, 5.74) is 14.2. The lowest BCUT2D eigenvalue weighted by Crippen LogP contribution is -2.07. The number of para-hydroxylation sites is 2. The Morgan fingerprint density at radius 3 is 1.41 bits per heavy atom. The maximum absolute atomic E-state index is 5.45. The zero-order chi connectivity index (χ0) is 45.4. The number of hydrogen-bond acceptors (Lipinski definition) is 4. The maximum Gasteiger partial charge on any atom is 0.238 e. The van der Waals surface area contributed by atoms with Crippen LogP contribution in [0.4, 0.5) is 0 Å². The summed E-state index contributed by atoms with van der Waals surface area (Å²) < 4.78 is 7.29. The molecule has 69 heavy (non-hydrogen) atoms. The fourth-order valence-corrected chi connectivity index (χ4v) is 11.4. The van der Waals surface area contributed by atoms with Crippen molar-refractivity contribution < 1.29 is 0 Å². The largest absolute Gasteiger partial charge is 0.307 e. The molecule has 0 amide bonds. The van der Waals surface area contributed by atoms with Crippen LogP contribution in [0.1, 0.15) is 0 Å². The number of benzene rings is 10. The van der Waals surface area contributed by atoms with Crippen molar-refractivity contribution >= 4 is 75.1 Å². The molecule has 4 heterocycles. The van der Waals surface area contributed by atoms with E-state index in [0.717, 1.165) is 71.7 Å². The first-order valence-electron chi connectivity index (χ1n) is 23.3. The Morgan fingerprint density at radius 2 is 0.725 bits per heavy atom. The van der Waals surface area contributed by atoms with Crippen LogP contribution in [-0.4, -0.2) is 24.1 Å². The molecule has 0 saturated carbocycles. The molecule has 0 aliphatic heterocycles. The average molecular weight is 898 g/mol. The van der Waals surface area contributed by atoms with Crippen LogP contribution in [-0.2, 0) is 0 Å². The molecule has 0 N–H and O–H groups in total. The molecule has 0 bridgehead atoms. The van der Waals surface area contributed by atoms with Crippen molar-refractivity contribution in [2.24, 2.45) is 0 Å². The molecule has 0 atom stereocenters. The Kier molecular flexibility index (Phi) is 9.00. The molecule has 6 heteroatoms. The average Bonchev–Trinajstić information content (AvgIpc) is 4.09. The number of fused-ring (bicyclic) bond motifs is 10. The van der Waals surface area contributed by atoms with Gasteiger partial charge < -0.3 is 4.57 Å². The van der Waals surface area contributed by atoms with Gasteiger partial charge in [0.2, 0.25) is 5.95 Å². The van der Waals surface area contributed by atoms with E-state index in [0.29, 0.717) is 17.6 Å². The summed E-state index contributed by atoms with van der Waals surface area (Å²) in [6.45, 7) is 0. The van der Waals surface area contributed by atoms with Crippen LogP contribution in [0.5, 0.6) is 0 Å². The van der Waals surface area contributed by atoms with Crippen LogP contribution in [0.15, 0.2) is 237 Å². The number of hydrogen-bond donors (Lipinski definition) is 0. The highest BCUT2D eigenvalue weighted by Crippen LogP contribution is 2.44. The van der Waals surface area contributed by atoms with E-state index in [1.807, 2.05) is 29.5 Å². The summed E-state index contributed by atoms with van der Waals surface area (Å²) >= 11 is 1.85. The van der Waals surface area contributed by atoms with Gasteiger partial charge in [0.1, 0.15) is 0 Å². The predicted octanol–water partition coefficient (Wildman–Crippen LogP) is 16.8. The Bertz CT molecular complexity index is 4270. The van der Waals surface area contributed by atoms with Gasteiger partial charge in [0.05, 0.1) is 22.1 Å². The molecular weight excluding hydrogens is 859 g/mol. The summed E-state index contributed by atoms with van der Waals surface area (Å²) in [7, 11) is 0. The van der Waals surface area contributed by atoms with E-state index in [4.69, 9.17) is 15.0 Å². The lowest BCUT2D eigenvalue weighted by atomic mass is 9.99. The monoisotopic (exact) mass is 897 g/mol. The maximum atomic E-state index is 5.45. The lowest BCUT2D eigenvalue weighted by Gasteiger charge is -2.13. The van der Waals surface area contributed by atoms with Gasteiger partial charge in [-0.15, -0.1) is 11.3 Å². The summed E-state index contributed by atoms with van der Waals surface area (Å²) in [5.74, 6) is 1.76. The van der Waals surface area contributed by atoms with Crippen LogP contribution in [0, 0.1) is 0 Å². The molecule has 0 aliphatic carbocycles. The van der Waals surface area contributed by atoms with E-state index in [9.17, 15) is 0 Å². The second-order valence-electron chi connectivity index (χ2n) is 17.6. The summed E-state index contributed by atoms with van der Waals surface area (Å²) in [5, 5.41) is 7.15. The molecule has 10 aromatic carbocycles. The van der Waals surface area contributed by atoms with Crippen LogP contribution >= 0.6 is 11.3 Å². The standard InChI is InChI=1S/C63H39N5S/c1-4-14-40(15-5-1)41-24-26-42(27-25-41)43-28-30-45(31-29-43)62-64-61(44-16-6-2-7-17-44)65-63(66-62)68-56-36-32-46(47-33-37-58-54(39-47)50-21-11-13-23-57(50)69-58)38-53(56)52-35-34-51-49-20-10-12-22-55(49)67(59(51)60(52)68)48-18-8-3-9-19-48/h1-39H. The molecule has 5 nitrogen and oxygen atoms in total. The van der Waals surface area contributed by atoms with Crippen molar-refractivity contribution in [3.8, 4) is 67.8 Å². The van der Waals surface area contributed by atoms with Crippen molar-refractivity contribution in [1.82, 2.24) is 24.1 Å². The third-order valence-electron chi connectivity index (χ3n) is 13.6. The second-order valence-corrected chi connectivity index (χ2v) is 18.7. The van der Waals surface area contributed by atoms with Gasteiger partial charge in [0, 0.05) is 58.5 Å². The van der Waals surface area contributed by atoms with Gasteiger partial charge in [-0.05, 0) is 81.9 Å². The molecule has 0 fully saturated rings. The molecule has 0 unspecified atom stereocenters. The minimum Gasteiger partial charge on any atom is -0.307 e. The number of nitrogens with zero attached hydrogens (tertiary/aromatic N) is 5. The third kappa shape index (κ3) is 6.49. The van der Waals surface area contributed by atoms with Gasteiger partial charge in [-0.25, -0.2) is 4.98 Å². The molecule has 0 radical (unpaired) electrons.